The molecule has 0 bridgehead atoms. The van der Waals surface area contributed by atoms with E-state index in [0.29, 0.717) is 17.7 Å². The lowest BCUT2D eigenvalue weighted by Gasteiger charge is -2.43. The number of benzene rings is 2. The highest BCUT2D eigenvalue weighted by molar-refractivity contribution is 8.02. The summed E-state index contributed by atoms with van der Waals surface area (Å²) < 4.78 is 20.3. The van der Waals surface area contributed by atoms with E-state index < -0.39 is 0 Å². The first kappa shape index (κ1) is 27.0. The van der Waals surface area contributed by atoms with E-state index >= 15 is 4.39 Å². The summed E-state index contributed by atoms with van der Waals surface area (Å²) in [4.78, 5) is 20.4. The first-order valence-corrected chi connectivity index (χ1v) is 16.3. The van der Waals surface area contributed by atoms with Crippen molar-refractivity contribution in [2.24, 2.45) is 0 Å². The van der Waals surface area contributed by atoms with Gasteiger partial charge in [0.25, 0.3) is 0 Å². The number of aryl methyl sites for hydroxylation is 1. The van der Waals surface area contributed by atoms with Crippen LogP contribution < -0.4 is 18.8 Å². The number of aromatic amines is 1. The van der Waals surface area contributed by atoms with Crippen molar-refractivity contribution in [2.45, 2.75) is 38.6 Å². The molecule has 9 nitrogen and oxygen atoms in total. The van der Waals surface area contributed by atoms with Crippen LogP contribution in [0.5, 0.6) is 0 Å². The zero-order chi connectivity index (χ0) is 29.1. The number of hydrogen-bond acceptors (Lipinski definition) is 9. The van der Waals surface area contributed by atoms with Gasteiger partial charge in [0.2, 0.25) is 5.95 Å². The number of anilines is 6. The second-order valence-corrected chi connectivity index (χ2v) is 13.1. The van der Waals surface area contributed by atoms with Gasteiger partial charge < -0.3 is 20.1 Å². The van der Waals surface area contributed by atoms with Crippen molar-refractivity contribution in [3.63, 3.8) is 0 Å². The van der Waals surface area contributed by atoms with E-state index in [4.69, 9.17) is 9.97 Å². The Morgan fingerprint density at radius 2 is 1.84 bits per heavy atom. The molecule has 6 heterocycles. The zero-order valence-corrected chi connectivity index (χ0v) is 25.6. The first-order valence-electron chi connectivity index (χ1n) is 15.6. The summed E-state index contributed by atoms with van der Waals surface area (Å²) in [6.45, 7) is 9.62. The van der Waals surface area contributed by atoms with Crippen LogP contribution in [0.2, 0.25) is 0 Å². The van der Waals surface area contributed by atoms with Crippen LogP contribution in [0.15, 0.2) is 42.6 Å². The van der Waals surface area contributed by atoms with E-state index in [1.807, 2.05) is 18.3 Å². The molecular weight excluding hydrogens is 561 g/mol. The molecule has 4 aromatic rings. The first-order chi connectivity index (χ1) is 21.1. The molecule has 0 amide bonds. The van der Waals surface area contributed by atoms with Gasteiger partial charge in [0.15, 0.2) is 5.82 Å². The predicted molar refractivity (Wildman–Crippen MR) is 174 cm³/mol. The van der Waals surface area contributed by atoms with Crippen LogP contribution >= 0.6 is 12.1 Å². The average molecular weight is 600 g/mol. The molecule has 11 heteroatoms. The number of hydrogen-bond donors (Lipinski definition) is 2. The molecule has 2 fully saturated rings. The van der Waals surface area contributed by atoms with Gasteiger partial charge in [-0.15, -0.1) is 0 Å². The molecule has 0 saturated carbocycles. The van der Waals surface area contributed by atoms with Crippen LogP contribution in [-0.2, 0) is 12.8 Å². The molecule has 0 radical (unpaired) electrons. The number of nitrogens with zero attached hydrogens (tertiary/aromatic N) is 7. The Bertz CT molecular complexity index is 1660. The molecule has 4 aliphatic rings. The van der Waals surface area contributed by atoms with Crippen molar-refractivity contribution in [3.05, 3.63) is 59.5 Å². The van der Waals surface area contributed by atoms with E-state index in [1.54, 1.807) is 18.2 Å². The van der Waals surface area contributed by atoms with Crippen molar-refractivity contribution < 1.29 is 4.39 Å². The number of nitrogens with one attached hydrogen (secondary N) is 2. The quantitative estimate of drug-likeness (QED) is 0.272. The van der Waals surface area contributed by atoms with Crippen molar-refractivity contribution in [1.82, 2.24) is 24.8 Å². The van der Waals surface area contributed by atoms with Gasteiger partial charge in [-0.3, -0.25) is 9.21 Å². The summed E-state index contributed by atoms with van der Waals surface area (Å²) in [7, 11) is 2.20. The second-order valence-electron chi connectivity index (χ2n) is 12.1. The van der Waals surface area contributed by atoms with Crippen LogP contribution in [0.1, 0.15) is 30.9 Å². The summed E-state index contributed by atoms with van der Waals surface area (Å²) in [6, 6.07) is 12.8. The Morgan fingerprint density at radius 3 is 2.65 bits per heavy atom. The fourth-order valence-electron chi connectivity index (χ4n) is 7.14. The van der Waals surface area contributed by atoms with Crippen LogP contribution in [0.3, 0.4) is 0 Å². The molecule has 2 aromatic carbocycles. The smallest absolute Gasteiger partial charge is 0.231 e. The summed E-state index contributed by atoms with van der Waals surface area (Å²) in [6.07, 6.45) is 6.01. The van der Waals surface area contributed by atoms with E-state index in [2.05, 4.69) is 65.8 Å². The van der Waals surface area contributed by atoms with Crippen molar-refractivity contribution in [3.8, 4) is 0 Å². The number of H-pyrrole nitrogens is 1. The highest BCUT2D eigenvalue weighted by Crippen LogP contribution is 2.53. The maximum atomic E-state index is 15.8. The molecule has 4 aliphatic heterocycles. The molecule has 224 valence electrons. The standard InChI is InChI=1S/C32H38FN9S/c1-3-21-19-26(25(33)20-28(21)40-12-9-23(10-13-40)39-17-15-38(2)16-18-39)35-32-36-30-24(7-11-34-30)31(37-32)42-27-6-4-5-22-8-14-41(43-42)29(22)27/h4-7,11,19-20,23H,3,8-10,12-18H2,1-2H3,(H2,34,35,36,37). The number of rotatable bonds is 6. The lowest BCUT2D eigenvalue weighted by Crippen LogP contribution is -2.52. The number of fused-ring (bicyclic) bond motifs is 1. The maximum Gasteiger partial charge on any atom is 0.231 e. The molecule has 2 saturated heterocycles. The number of likely N-dealkylation sites (N-methyl/N-ethyl adjacent to an activating group) is 1. The van der Waals surface area contributed by atoms with Gasteiger partial charge in [0.1, 0.15) is 11.5 Å². The van der Waals surface area contributed by atoms with Gasteiger partial charge in [0, 0.05) is 63.7 Å². The fourth-order valence-corrected chi connectivity index (χ4v) is 8.25. The van der Waals surface area contributed by atoms with Gasteiger partial charge in [-0.25, -0.2) is 8.70 Å². The molecule has 0 atom stereocenters. The second kappa shape index (κ2) is 10.9. The molecule has 43 heavy (non-hydrogen) atoms. The highest BCUT2D eigenvalue weighted by Gasteiger charge is 2.36. The number of halogens is 1. The Labute approximate surface area is 256 Å². The topological polar surface area (TPSA) is 69.8 Å². The molecule has 2 aromatic heterocycles. The lowest BCUT2D eigenvalue weighted by atomic mass is 9.99. The Kier molecular flexibility index (Phi) is 6.84. The lowest BCUT2D eigenvalue weighted by molar-refractivity contribution is 0.0982. The van der Waals surface area contributed by atoms with Gasteiger partial charge in [0.05, 0.1) is 34.6 Å². The SMILES string of the molecule is CCc1cc(Nc2nc(N3SN4CCc5cccc3c54)c3cc[nH]c3n2)c(F)cc1N1CCC(N2CCN(C)CC2)CC1. The highest BCUT2D eigenvalue weighted by atomic mass is 32.2. The molecule has 0 spiro atoms. The minimum atomic E-state index is -0.281. The van der Waals surface area contributed by atoms with Gasteiger partial charge in [-0.05, 0) is 68.1 Å². The van der Waals surface area contributed by atoms with Crippen LogP contribution in [0.25, 0.3) is 11.0 Å². The number of aromatic nitrogens is 3. The molecule has 2 N–H and O–H groups in total. The van der Waals surface area contributed by atoms with E-state index in [1.165, 1.54) is 11.3 Å². The minimum Gasteiger partial charge on any atom is -0.371 e. The molecule has 0 aliphatic carbocycles. The van der Waals surface area contributed by atoms with E-state index in [9.17, 15) is 0 Å². The van der Waals surface area contributed by atoms with Crippen LogP contribution in [0, 0.1) is 5.82 Å². The number of piperidine rings is 1. The predicted octanol–water partition coefficient (Wildman–Crippen LogP) is 5.70. The number of piperazine rings is 1. The average Bonchev–Trinajstić information content (AvgIpc) is 3.77. The molecule has 0 unspecified atom stereocenters. The third-order valence-corrected chi connectivity index (χ3v) is 10.7. The van der Waals surface area contributed by atoms with Gasteiger partial charge in [-0.1, -0.05) is 19.1 Å². The summed E-state index contributed by atoms with van der Waals surface area (Å²) >= 11 is 1.66. The minimum absolute atomic E-state index is 0.281. The Morgan fingerprint density at radius 1 is 1.00 bits per heavy atom. The van der Waals surface area contributed by atoms with Gasteiger partial charge >= 0.3 is 0 Å². The van der Waals surface area contributed by atoms with Crippen molar-refractivity contribution >= 4 is 57.7 Å². The number of para-hydroxylation sites is 1. The van der Waals surface area contributed by atoms with Gasteiger partial charge in [-0.2, -0.15) is 9.97 Å². The van der Waals surface area contributed by atoms with Crippen molar-refractivity contribution in [1.29, 1.82) is 0 Å². The third kappa shape index (κ3) is 4.78. The van der Waals surface area contributed by atoms with Crippen molar-refractivity contribution in [2.75, 3.05) is 71.7 Å². The Hall–Kier alpha value is -3.54. The largest absolute Gasteiger partial charge is 0.371 e. The maximum absolute atomic E-state index is 15.8. The third-order valence-electron chi connectivity index (χ3n) is 9.57. The summed E-state index contributed by atoms with van der Waals surface area (Å²) in [5, 5.41) is 4.17. The summed E-state index contributed by atoms with van der Waals surface area (Å²) in [5.74, 6) is 0.884. The van der Waals surface area contributed by atoms with Crippen LogP contribution in [-0.4, -0.2) is 83.7 Å². The molecular formula is C32H38FN9S. The monoisotopic (exact) mass is 599 g/mol. The molecule has 8 rings (SSSR count). The normalized spacial score (nSPS) is 19.6. The van der Waals surface area contributed by atoms with E-state index in [0.717, 1.165) is 105 Å². The van der Waals surface area contributed by atoms with Crippen LogP contribution in [0.4, 0.5) is 38.9 Å². The Balaban J connectivity index is 1.05. The summed E-state index contributed by atoms with van der Waals surface area (Å²) in [5.41, 5.74) is 7.04. The zero-order valence-electron chi connectivity index (χ0n) is 24.8. The van der Waals surface area contributed by atoms with E-state index in [-0.39, 0.29) is 5.82 Å². The fraction of sp³-hybridized carbons (Fsp3) is 0.438.